The van der Waals surface area contributed by atoms with E-state index in [0.29, 0.717) is 49.5 Å². The molecule has 1 aliphatic rings. The number of ketones is 1. The number of Topliss-reactive ketones (excluding diaryl/α,β-unsaturated/α-hetero) is 1. The minimum Gasteiger partial charge on any atom is -0.550 e. The lowest BCUT2D eigenvalue weighted by atomic mass is 9.96. The minimum absolute atomic E-state index is 0.0300. The van der Waals surface area contributed by atoms with Crippen LogP contribution in [-0.2, 0) is 4.79 Å². The predicted molar refractivity (Wildman–Crippen MR) is 77.2 cm³/mol. The number of aliphatic carboxylic acids is 1. The first-order valence-electron chi connectivity index (χ1n) is 7.34. The van der Waals surface area contributed by atoms with Crippen LogP contribution in [0.4, 0.5) is 0 Å². The van der Waals surface area contributed by atoms with Crippen molar-refractivity contribution in [3.8, 4) is 11.5 Å². The first-order valence-corrected chi connectivity index (χ1v) is 7.34. The molecule has 1 aromatic rings. The summed E-state index contributed by atoms with van der Waals surface area (Å²) < 4.78 is 10.4. The number of rotatable bonds is 6. The van der Waals surface area contributed by atoms with Crippen LogP contribution in [0.2, 0.25) is 0 Å². The van der Waals surface area contributed by atoms with Crippen molar-refractivity contribution < 1.29 is 29.1 Å². The van der Waals surface area contributed by atoms with Crippen molar-refractivity contribution in [3.05, 3.63) is 23.8 Å². The Morgan fingerprint density at radius 3 is 2.45 bits per heavy atom. The van der Waals surface area contributed by atoms with E-state index in [1.165, 1.54) is 7.11 Å². The van der Waals surface area contributed by atoms with Gasteiger partial charge in [-0.15, -0.1) is 0 Å². The molecular weight excluding hydrogens is 286 g/mol. The van der Waals surface area contributed by atoms with Crippen LogP contribution in [0.3, 0.4) is 0 Å². The largest absolute Gasteiger partial charge is 0.550 e. The number of hydrogen-bond acceptors (Lipinski definition) is 5. The molecule has 1 N–H and O–H groups in total. The van der Waals surface area contributed by atoms with E-state index < -0.39 is 5.97 Å². The molecule has 0 radical (unpaired) electrons. The van der Waals surface area contributed by atoms with Gasteiger partial charge in [0.05, 0.1) is 32.9 Å². The zero-order valence-corrected chi connectivity index (χ0v) is 12.9. The lowest BCUT2D eigenvalue weighted by molar-refractivity contribution is -0.897. The van der Waals surface area contributed by atoms with E-state index in [2.05, 4.69) is 0 Å². The third-order valence-electron chi connectivity index (χ3n) is 4.14. The molecule has 0 atom stereocenters. The van der Waals surface area contributed by atoms with E-state index >= 15 is 0 Å². The Morgan fingerprint density at radius 2 is 1.91 bits per heavy atom. The van der Waals surface area contributed by atoms with E-state index in [1.54, 1.807) is 25.3 Å². The number of likely N-dealkylation sites (tertiary alicyclic amines) is 1. The number of hydrogen-bond donors (Lipinski definition) is 1. The second kappa shape index (κ2) is 7.26. The van der Waals surface area contributed by atoms with E-state index in [0.717, 1.165) is 4.90 Å². The smallest absolute Gasteiger partial charge is 0.220 e. The summed E-state index contributed by atoms with van der Waals surface area (Å²) in [6.07, 6.45) is 1.11. The molecule has 0 aliphatic carbocycles. The van der Waals surface area contributed by atoms with Crippen LogP contribution in [0.5, 0.6) is 11.5 Å². The van der Waals surface area contributed by atoms with Crippen LogP contribution in [-0.4, -0.2) is 45.6 Å². The van der Waals surface area contributed by atoms with Crippen LogP contribution >= 0.6 is 0 Å². The van der Waals surface area contributed by atoms with Crippen molar-refractivity contribution in [1.82, 2.24) is 0 Å². The number of nitrogens with one attached hydrogen (secondary N) is 1. The van der Waals surface area contributed by atoms with Gasteiger partial charge in [-0.2, -0.15) is 0 Å². The second-order valence-corrected chi connectivity index (χ2v) is 5.51. The van der Waals surface area contributed by atoms with Gasteiger partial charge < -0.3 is 24.3 Å². The van der Waals surface area contributed by atoms with Crippen LogP contribution < -0.4 is 19.5 Å². The minimum atomic E-state index is -0.986. The number of methoxy groups -OCH3 is 2. The maximum Gasteiger partial charge on any atom is 0.220 e. The summed E-state index contributed by atoms with van der Waals surface area (Å²) in [6.45, 7) is 1.65. The molecule has 6 heteroatoms. The molecule has 6 nitrogen and oxygen atoms in total. The first kappa shape index (κ1) is 16.3. The quantitative estimate of drug-likeness (QED) is 0.677. The van der Waals surface area contributed by atoms with E-state index in [9.17, 15) is 14.7 Å². The summed E-state index contributed by atoms with van der Waals surface area (Å²) in [6, 6.07) is 5.13. The third kappa shape index (κ3) is 3.76. The van der Waals surface area contributed by atoms with Gasteiger partial charge in [0.25, 0.3) is 0 Å². The number of quaternary nitrogens is 1. The third-order valence-corrected chi connectivity index (χ3v) is 4.14. The zero-order valence-electron chi connectivity index (χ0n) is 12.9. The van der Waals surface area contributed by atoms with Gasteiger partial charge in [-0.1, -0.05) is 0 Å². The van der Waals surface area contributed by atoms with Crippen molar-refractivity contribution in [2.24, 2.45) is 5.92 Å². The highest BCUT2D eigenvalue weighted by Gasteiger charge is 2.26. The second-order valence-electron chi connectivity index (χ2n) is 5.51. The molecule has 22 heavy (non-hydrogen) atoms. The summed E-state index contributed by atoms with van der Waals surface area (Å²) in [5.74, 6) is -0.271. The van der Waals surface area contributed by atoms with Crippen LogP contribution in [0.25, 0.3) is 0 Å². The number of carboxylic acid groups (broad SMARTS) is 1. The molecule has 1 aliphatic heterocycles. The van der Waals surface area contributed by atoms with Gasteiger partial charge in [0, 0.05) is 24.7 Å². The fraction of sp³-hybridized carbons (Fsp3) is 0.500. The fourth-order valence-corrected chi connectivity index (χ4v) is 2.79. The molecule has 0 aromatic heterocycles. The molecular formula is C16H21NO5. The average Bonchev–Trinajstić information content (AvgIpc) is 2.54. The van der Waals surface area contributed by atoms with Crippen molar-refractivity contribution in [3.63, 3.8) is 0 Å². The Labute approximate surface area is 129 Å². The molecule has 120 valence electrons. The molecule has 0 bridgehead atoms. The number of piperidine rings is 1. The van der Waals surface area contributed by atoms with E-state index in [-0.39, 0.29) is 11.7 Å². The Morgan fingerprint density at radius 1 is 1.23 bits per heavy atom. The van der Waals surface area contributed by atoms with Gasteiger partial charge in [0.1, 0.15) is 18.0 Å². The number of carbonyl (C=O) groups excluding carboxylic acids is 2. The number of benzene rings is 1. The van der Waals surface area contributed by atoms with Gasteiger partial charge in [0.15, 0.2) is 0 Å². The Kier molecular flexibility index (Phi) is 5.38. The van der Waals surface area contributed by atoms with Crippen LogP contribution in [0.1, 0.15) is 23.2 Å². The Balaban J connectivity index is 2.02. The number of carbonyl (C=O) groups is 2. The van der Waals surface area contributed by atoms with Gasteiger partial charge in [-0.05, 0) is 18.2 Å². The molecule has 0 amide bonds. The monoisotopic (exact) mass is 307 g/mol. The normalized spacial score (nSPS) is 21.2. The van der Waals surface area contributed by atoms with Crippen molar-refractivity contribution >= 4 is 11.8 Å². The molecule has 1 aromatic carbocycles. The molecule has 0 spiro atoms. The molecule has 1 fully saturated rings. The number of ether oxygens (including phenoxy) is 2. The fourth-order valence-electron chi connectivity index (χ4n) is 2.79. The molecule has 1 heterocycles. The standard InChI is InChI=1S/C16H21NO5/c1-21-12-3-4-15(22-2)13(9-12)14(18)10-17-7-5-11(6-8-17)16(19)20/h3-4,9,11H,5-8,10H2,1-2H3,(H,19,20). The zero-order chi connectivity index (χ0) is 16.1. The van der Waals surface area contributed by atoms with Gasteiger partial charge in [0.2, 0.25) is 5.78 Å². The summed E-state index contributed by atoms with van der Waals surface area (Å²) in [5.41, 5.74) is 0.497. The lowest BCUT2D eigenvalue weighted by Gasteiger charge is -2.29. The topological polar surface area (TPSA) is 80.1 Å². The van der Waals surface area contributed by atoms with Crippen molar-refractivity contribution in [1.29, 1.82) is 0 Å². The highest BCUT2D eigenvalue weighted by Crippen LogP contribution is 2.24. The summed E-state index contributed by atoms with van der Waals surface area (Å²) in [7, 11) is 3.07. The maximum absolute atomic E-state index is 12.5. The molecule has 0 saturated carbocycles. The summed E-state index contributed by atoms with van der Waals surface area (Å²) in [4.78, 5) is 24.4. The van der Waals surface area contributed by atoms with Gasteiger partial charge in [-0.3, -0.25) is 4.79 Å². The maximum atomic E-state index is 12.5. The van der Waals surface area contributed by atoms with Crippen molar-refractivity contribution in [2.45, 2.75) is 12.8 Å². The van der Waals surface area contributed by atoms with Gasteiger partial charge >= 0.3 is 0 Å². The predicted octanol–water partition coefficient (Wildman–Crippen LogP) is -1.07. The lowest BCUT2D eigenvalue weighted by Crippen LogP contribution is -3.14. The first-order chi connectivity index (χ1) is 10.5. The Hall–Kier alpha value is -2.08. The van der Waals surface area contributed by atoms with E-state index in [1.807, 2.05) is 0 Å². The Bertz CT molecular complexity index is 549. The summed E-state index contributed by atoms with van der Waals surface area (Å²) in [5, 5.41) is 10.8. The van der Waals surface area contributed by atoms with Crippen LogP contribution in [0, 0.1) is 5.92 Å². The van der Waals surface area contributed by atoms with Crippen molar-refractivity contribution in [2.75, 3.05) is 33.9 Å². The van der Waals surface area contributed by atoms with E-state index in [4.69, 9.17) is 9.47 Å². The average molecular weight is 307 g/mol. The highest BCUT2D eigenvalue weighted by molar-refractivity contribution is 5.99. The molecule has 1 saturated heterocycles. The number of carboxylic acids is 1. The molecule has 2 rings (SSSR count). The SMILES string of the molecule is COc1ccc(OC)c(C(=O)C[NH+]2CCC(C(=O)[O-])CC2)c1. The highest BCUT2D eigenvalue weighted by atomic mass is 16.5. The van der Waals surface area contributed by atoms with Crippen LogP contribution in [0.15, 0.2) is 18.2 Å². The summed E-state index contributed by atoms with van der Waals surface area (Å²) >= 11 is 0. The van der Waals surface area contributed by atoms with Gasteiger partial charge in [-0.25, -0.2) is 0 Å². The molecule has 0 unspecified atom stereocenters.